The number of nitrogens with two attached hydrogens (primary N) is 1. The van der Waals surface area contributed by atoms with E-state index < -0.39 is 15.6 Å². The number of amides is 2. The molecule has 2 heterocycles. The maximum absolute atomic E-state index is 12.0. The molecule has 0 bridgehead atoms. The van der Waals surface area contributed by atoms with Gasteiger partial charge >= 0.3 is 6.09 Å². The van der Waals surface area contributed by atoms with Crippen LogP contribution in [-0.2, 0) is 26.0 Å². The monoisotopic (exact) mass is 417 g/mol. The quantitative estimate of drug-likeness (QED) is 0.730. The molecule has 1 aromatic rings. The lowest BCUT2D eigenvalue weighted by molar-refractivity contribution is -0.120. The summed E-state index contributed by atoms with van der Waals surface area (Å²) in [5.74, 6) is 0.161. The Morgan fingerprint density at radius 3 is 2.67 bits per heavy atom. The molecule has 1 aliphatic rings. The van der Waals surface area contributed by atoms with Crippen molar-refractivity contribution >= 4 is 33.4 Å². The SMILES string of the molecule is CC(C)(C)OC(=O)N1CCC(CCNC(=O)Cc2ccc(S(N)(=O)=O)s2)C1. The van der Waals surface area contributed by atoms with Gasteiger partial charge in [-0.1, -0.05) is 0 Å². The van der Waals surface area contributed by atoms with Crippen LogP contribution in [0.5, 0.6) is 0 Å². The zero-order chi connectivity index (χ0) is 20.2. The molecule has 10 heteroatoms. The molecule has 1 aromatic heterocycles. The van der Waals surface area contributed by atoms with E-state index in [4.69, 9.17) is 9.88 Å². The highest BCUT2D eigenvalue weighted by Crippen LogP contribution is 2.22. The second-order valence-electron chi connectivity index (χ2n) is 7.66. The smallest absolute Gasteiger partial charge is 0.410 e. The van der Waals surface area contributed by atoms with Gasteiger partial charge in [0.05, 0.1) is 6.42 Å². The summed E-state index contributed by atoms with van der Waals surface area (Å²) in [6.45, 7) is 7.33. The summed E-state index contributed by atoms with van der Waals surface area (Å²) < 4.78 is 27.9. The second kappa shape index (κ2) is 8.57. The van der Waals surface area contributed by atoms with Crippen LogP contribution < -0.4 is 10.5 Å². The number of carbonyl (C=O) groups is 2. The third-order valence-electron chi connectivity index (χ3n) is 4.06. The first kappa shape index (κ1) is 21.6. The fourth-order valence-corrected chi connectivity index (χ4v) is 4.58. The van der Waals surface area contributed by atoms with E-state index in [0.29, 0.717) is 30.4 Å². The lowest BCUT2D eigenvalue weighted by Crippen LogP contribution is -2.35. The molecule has 3 N–H and O–H groups in total. The van der Waals surface area contributed by atoms with Crippen LogP contribution in [0.15, 0.2) is 16.3 Å². The van der Waals surface area contributed by atoms with Crippen molar-refractivity contribution in [3.8, 4) is 0 Å². The number of nitrogens with one attached hydrogen (secondary N) is 1. The van der Waals surface area contributed by atoms with E-state index in [2.05, 4.69) is 5.32 Å². The number of likely N-dealkylation sites (tertiary alicyclic amines) is 1. The van der Waals surface area contributed by atoms with Crippen molar-refractivity contribution in [2.75, 3.05) is 19.6 Å². The zero-order valence-electron chi connectivity index (χ0n) is 15.9. The molecule has 1 atom stereocenters. The van der Waals surface area contributed by atoms with Gasteiger partial charge in [0.15, 0.2) is 0 Å². The van der Waals surface area contributed by atoms with Gasteiger partial charge in [0.2, 0.25) is 15.9 Å². The molecule has 2 rings (SSSR count). The highest BCUT2D eigenvalue weighted by atomic mass is 32.2. The Bertz CT molecular complexity index is 783. The molecule has 0 spiro atoms. The van der Waals surface area contributed by atoms with Crippen LogP contribution in [0.4, 0.5) is 4.79 Å². The number of primary sulfonamides is 1. The van der Waals surface area contributed by atoms with Gasteiger partial charge < -0.3 is 15.0 Å². The number of ether oxygens (including phenoxy) is 1. The molecule has 1 aliphatic heterocycles. The third-order valence-corrected chi connectivity index (χ3v) is 6.59. The summed E-state index contributed by atoms with van der Waals surface area (Å²) in [5, 5.41) is 7.90. The van der Waals surface area contributed by atoms with Crippen molar-refractivity contribution in [2.24, 2.45) is 11.1 Å². The number of rotatable bonds is 6. The summed E-state index contributed by atoms with van der Waals surface area (Å²) in [6, 6.07) is 3.01. The average Bonchev–Trinajstić information content (AvgIpc) is 3.14. The molecular formula is C17H27N3O5S2. The molecule has 1 fully saturated rings. The molecule has 0 radical (unpaired) electrons. The Kier molecular flexibility index (Phi) is 6.87. The average molecular weight is 418 g/mol. The molecule has 0 aliphatic carbocycles. The summed E-state index contributed by atoms with van der Waals surface area (Å²) in [7, 11) is -3.73. The molecule has 0 saturated carbocycles. The summed E-state index contributed by atoms with van der Waals surface area (Å²) in [5.41, 5.74) is -0.506. The van der Waals surface area contributed by atoms with E-state index in [9.17, 15) is 18.0 Å². The van der Waals surface area contributed by atoms with Gasteiger partial charge in [-0.05, 0) is 51.7 Å². The van der Waals surface area contributed by atoms with Gasteiger partial charge in [0, 0.05) is 24.5 Å². The van der Waals surface area contributed by atoms with E-state index in [1.165, 1.54) is 6.07 Å². The number of hydrogen-bond acceptors (Lipinski definition) is 6. The third kappa shape index (κ3) is 7.11. The normalized spacial score (nSPS) is 17.8. The molecule has 8 nitrogen and oxygen atoms in total. The predicted molar refractivity (Wildman–Crippen MR) is 103 cm³/mol. The number of thiophene rings is 1. The summed E-state index contributed by atoms with van der Waals surface area (Å²) in [6.07, 6.45) is 1.49. The Morgan fingerprint density at radius 1 is 1.37 bits per heavy atom. The summed E-state index contributed by atoms with van der Waals surface area (Å²) in [4.78, 5) is 26.4. The van der Waals surface area contributed by atoms with Crippen molar-refractivity contribution in [3.63, 3.8) is 0 Å². The predicted octanol–water partition coefficient (Wildman–Crippen LogP) is 1.70. The van der Waals surface area contributed by atoms with Crippen molar-refractivity contribution in [1.29, 1.82) is 0 Å². The Hall–Kier alpha value is -1.65. The number of carbonyl (C=O) groups excluding carboxylic acids is 2. The van der Waals surface area contributed by atoms with Gasteiger partial charge in [-0.2, -0.15) is 0 Å². The van der Waals surface area contributed by atoms with E-state index in [-0.39, 0.29) is 22.6 Å². The maximum atomic E-state index is 12.0. The fourth-order valence-electron chi connectivity index (χ4n) is 2.80. The fraction of sp³-hybridized carbons (Fsp3) is 0.647. The minimum Gasteiger partial charge on any atom is -0.444 e. The van der Waals surface area contributed by atoms with Crippen LogP contribution in [0, 0.1) is 5.92 Å². The van der Waals surface area contributed by atoms with Crippen LogP contribution in [-0.4, -0.2) is 50.6 Å². The Balaban J connectivity index is 1.70. The molecule has 152 valence electrons. The Labute approximate surface area is 164 Å². The summed E-state index contributed by atoms with van der Waals surface area (Å²) >= 11 is 1.00. The van der Waals surface area contributed by atoms with E-state index in [1.807, 2.05) is 20.8 Å². The van der Waals surface area contributed by atoms with Crippen molar-refractivity contribution in [3.05, 3.63) is 17.0 Å². The van der Waals surface area contributed by atoms with E-state index >= 15 is 0 Å². The molecule has 27 heavy (non-hydrogen) atoms. The van der Waals surface area contributed by atoms with E-state index in [0.717, 1.165) is 24.2 Å². The van der Waals surface area contributed by atoms with Gasteiger partial charge in [0.25, 0.3) is 0 Å². The highest BCUT2D eigenvalue weighted by molar-refractivity contribution is 7.91. The zero-order valence-corrected chi connectivity index (χ0v) is 17.5. The molecule has 1 saturated heterocycles. The number of nitrogens with zero attached hydrogens (tertiary/aromatic N) is 1. The minimum absolute atomic E-state index is 0.0542. The van der Waals surface area contributed by atoms with Crippen LogP contribution in [0.3, 0.4) is 0 Å². The first-order valence-electron chi connectivity index (χ1n) is 8.80. The first-order chi connectivity index (χ1) is 12.4. The Morgan fingerprint density at radius 2 is 2.07 bits per heavy atom. The van der Waals surface area contributed by atoms with Gasteiger partial charge in [0.1, 0.15) is 9.81 Å². The molecular weight excluding hydrogens is 390 g/mol. The van der Waals surface area contributed by atoms with Crippen LogP contribution in [0.25, 0.3) is 0 Å². The topological polar surface area (TPSA) is 119 Å². The largest absolute Gasteiger partial charge is 0.444 e. The lowest BCUT2D eigenvalue weighted by Gasteiger charge is -2.24. The second-order valence-corrected chi connectivity index (χ2v) is 10.6. The number of sulfonamides is 1. The van der Waals surface area contributed by atoms with Gasteiger partial charge in [-0.3, -0.25) is 4.79 Å². The first-order valence-corrected chi connectivity index (χ1v) is 11.2. The van der Waals surface area contributed by atoms with E-state index in [1.54, 1.807) is 11.0 Å². The highest BCUT2D eigenvalue weighted by Gasteiger charge is 2.29. The number of hydrogen-bond donors (Lipinski definition) is 2. The van der Waals surface area contributed by atoms with Crippen molar-refractivity contribution in [1.82, 2.24) is 10.2 Å². The maximum Gasteiger partial charge on any atom is 0.410 e. The van der Waals surface area contributed by atoms with Crippen molar-refractivity contribution in [2.45, 2.75) is 49.8 Å². The van der Waals surface area contributed by atoms with Crippen molar-refractivity contribution < 1.29 is 22.7 Å². The minimum atomic E-state index is -3.73. The van der Waals surface area contributed by atoms with Crippen LogP contribution in [0.1, 0.15) is 38.5 Å². The molecule has 1 unspecified atom stereocenters. The van der Waals surface area contributed by atoms with Gasteiger partial charge in [-0.15, -0.1) is 11.3 Å². The van der Waals surface area contributed by atoms with Crippen LogP contribution in [0.2, 0.25) is 0 Å². The molecule has 2 amide bonds. The van der Waals surface area contributed by atoms with Crippen LogP contribution >= 0.6 is 11.3 Å². The van der Waals surface area contributed by atoms with Gasteiger partial charge in [-0.25, -0.2) is 18.4 Å². The standard InChI is InChI=1S/C17H27N3O5S2/c1-17(2,3)25-16(22)20-9-7-12(11-20)6-8-19-14(21)10-13-4-5-15(26-13)27(18,23)24/h4-5,12H,6-11H2,1-3H3,(H,19,21)(H2,18,23,24). The molecule has 0 aromatic carbocycles. The lowest BCUT2D eigenvalue weighted by atomic mass is 10.1.